The third kappa shape index (κ3) is 5.63. The summed E-state index contributed by atoms with van der Waals surface area (Å²) in [6.45, 7) is 1.40. The lowest BCUT2D eigenvalue weighted by molar-refractivity contribution is 0.0954. The molecule has 0 aromatic heterocycles. The molecular weight excluding hydrogens is 364 g/mol. The van der Waals surface area contributed by atoms with Gasteiger partial charge in [0.25, 0.3) is 5.91 Å². The first kappa shape index (κ1) is 19.5. The smallest absolute Gasteiger partial charge is 0.251 e. The summed E-state index contributed by atoms with van der Waals surface area (Å²) >= 11 is 0. The summed E-state index contributed by atoms with van der Waals surface area (Å²) in [6.07, 6.45) is 2.44. The van der Waals surface area contributed by atoms with Crippen LogP contribution in [-0.4, -0.2) is 40.1 Å². The summed E-state index contributed by atoms with van der Waals surface area (Å²) in [4.78, 5) is 12.4. The Morgan fingerprint density at radius 1 is 1.11 bits per heavy atom. The fourth-order valence-corrected chi connectivity index (χ4v) is 4.07. The molecule has 1 unspecified atom stereocenters. The van der Waals surface area contributed by atoms with Crippen LogP contribution in [0.4, 0.5) is 0 Å². The molecule has 144 valence electrons. The number of nitrogens with one attached hydrogen (secondary N) is 2. The summed E-state index contributed by atoms with van der Waals surface area (Å²) in [7, 11) is -3.68. The quantitative estimate of drug-likeness (QED) is 0.725. The van der Waals surface area contributed by atoms with E-state index in [-0.39, 0.29) is 23.5 Å². The van der Waals surface area contributed by atoms with Gasteiger partial charge in [0.1, 0.15) is 0 Å². The zero-order valence-corrected chi connectivity index (χ0v) is 15.9. The molecule has 1 amide bonds. The largest absolute Gasteiger partial charge is 0.377 e. The van der Waals surface area contributed by atoms with E-state index in [1.165, 1.54) is 12.1 Å². The van der Waals surface area contributed by atoms with Gasteiger partial charge in [-0.05, 0) is 43.0 Å². The highest BCUT2D eigenvalue weighted by Crippen LogP contribution is 2.14. The minimum Gasteiger partial charge on any atom is -0.377 e. The summed E-state index contributed by atoms with van der Waals surface area (Å²) < 4.78 is 32.9. The second-order valence-corrected chi connectivity index (χ2v) is 8.27. The maximum Gasteiger partial charge on any atom is 0.251 e. The van der Waals surface area contributed by atoms with E-state index in [0.29, 0.717) is 25.1 Å². The number of ether oxygens (including phenoxy) is 1. The Balaban J connectivity index is 1.57. The molecule has 1 saturated heterocycles. The molecule has 1 aliphatic rings. The summed E-state index contributed by atoms with van der Waals surface area (Å²) in [5.41, 5.74) is 1.45. The van der Waals surface area contributed by atoms with Crippen LogP contribution in [0.1, 0.15) is 28.8 Å². The third-order valence-corrected chi connectivity index (χ3v) is 5.89. The van der Waals surface area contributed by atoms with Gasteiger partial charge >= 0.3 is 0 Å². The van der Waals surface area contributed by atoms with Gasteiger partial charge in [-0.2, -0.15) is 0 Å². The van der Waals surface area contributed by atoms with Crippen LogP contribution in [-0.2, 0) is 21.2 Å². The van der Waals surface area contributed by atoms with Gasteiger partial charge in [0.15, 0.2) is 0 Å². The highest BCUT2D eigenvalue weighted by atomic mass is 32.2. The normalized spacial score (nSPS) is 17.0. The third-order valence-electron chi connectivity index (χ3n) is 4.47. The van der Waals surface area contributed by atoms with Gasteiger partial charge in [0.05, 0.1) is 11.0 Å². The van der Waals surface area contributed by atoms with Crippen molar-refractivity contribution >= 4 is 15.9 Å². The van der Waals surface area contributed by atoms with E-state index in [2.05, 4.69) is 10.0 Å². The van der Waals surface area contributed by atoms with Crippen LogP contribution < -0.4 is 10.0 Å². The van der Waals surface area contributed by atoms with Crippen molar-refractivity contribution in [1.29, 1.82) is 0 Å². The van der Waals surface area contributed by atoms with Crippen LogP contribution in [0.3, 0.4) is 0 Å². The van der Waals surface area contributed by atoms with E-state index in [9.17, 15) is 13.2 Å². The van der Waals surface area contributed by atoms with Crippen molar-refractivity contribution in [3.8, 4) is 0 Å². The molecule has 1 heterocycles. The predicted molar refractivity (Wildman–Crippen MR) is 103 cm³/mol. The van der Waals surface area contributed by atoms with Gasteiger partial charge in [0.2, 0.25) is 10.0 Å². The number of benzene rings is 2. The number of hydrogen-bond donors (Lipinski definition) is 2. The lowest BCUT2D eigenvalue weighted by Crippen LogP contribution is -2.32. The lowest BCUT2D eigenvalue weighted by Gasteiger charge is -2.12. The first-order valence-electron chi connectivity index (χ1n) is 9.08. The number of hydrogen-bond acceptors (Lipinski definition) is 4. The van der Waals surface area contributed by atoms with E-state index >= 15 is 0 Å². The SMILES string of the molecule is O=C(NCCc1ccccc1)c1cccc(S(=O)(=O)NCC2CCCO2)c1. The summed E-state index contributed by atoms with van der Waals surface area (Å²) in [5.74, 6) is -0.290. The Bertz CT molecular complexity index is 863. The van der Waals surface area contributed by atoms with Crippen molar-refractivity contribution in [2.75, 3.05) is 19.7 Å². The molecule has 0 aliphatic carbocycles. The monoisotopic (exact) mass is 388 g/mol. The zero-order chi connectivity index (χ0) is 19.1. The first-order chi connectivity index (χ1) is 13.0. The fraction of sp³-hybridized carbons (Fsp3) is 0.350. The Hall–Kier alpha value is -2.22. The second kappa shape index (κ2) is 9.12. The highest BCUT2D eigenvalue weighted by molar-refractivity contribution is 7.89. The van der Waals surface area contributed by atoms with Gasteiger partial charge in [-0.1, -0.05) is 36.4 Å². The van der Waals surface area contributed by atoms with Crippen LogP contribution >= 0.6 is 0 Å². The van der Waals surface area contributed by atoms with Crippen LogP contribution in [0.2, 0.25) is 0 Å². The van der Waals surface area contributed by atoms with Crippen molar-refractivity contribution in [3.05, 3.63) is 65.7 Å². The predicted octanol–water partition coefficient (Wildman–Crippen LogP) is 2.12. The van der Waals surface area contributed by atoms with Gasteiger partial charge in [-0.3, -0.25) is 4.79 Å². The van der Waals surface area contributed by atoms with Gasteiger partial charge in [0, 0.05) is 25.3 Å². The van der Waals surface area contributed by atoms with Gasteiger partial charge < -0.3 is 10.1 Å². The first-order valence-corrected chi connectivity index (χ1v) is 10.6. The number of carbonyl (C=O) groups is 1. The maximum atomic E-state index is 12.5. The molecule has 0 radical (unpaired) electrons. The molecule has 1 atom stereocenters. The minimum absolute atomic E-state index is 0.0794. The molecule has 1 aliphatic heterocycles. The summed E-state index contributed by atoms with van der Waals surface area (Å²) in [6, 6.07) is 15.9. The molecule has 7 heteroatoms. The van der Waals surface area contributed by atoms with Crippen molar-refractivity contribution in [1.82, 2.24) is 10.0 Å². The standard InChI is InChI=1S/C20H24N2O4S/c23-20(21-12-11-16-6-2-1-3-7-16)17-8-4-10-19(14-17)27(24,25)22-15-18-9-5-13-26-18/h1-4,6-8,10,14,18,22H,5,9,11-13,15H2,(H,21,23). The molecule has 0 bridgehead atoms. The second-order valence-electron chi connectivity index (χ2n) is 6.51. The van der Waals surface area contributed by atoms with E-state index in [1.54, 1.807) is 12.1 Å². The van der Waals surface area contributed by atoms with Crippen LogP contribution in [0.5, 0.6) is 0 Å². The van der Waals surface area contributed by atoms with Crippen molar-refractivity contribution in [2.45, 2.75) is 30.3 Å². The molecule has 2 aromatic carbocycles. The Morgan fingerprint density at radius 2 is 1.93 bits per heavy atom. The number of amides is 1. The van der Waals surface area contributed by atoms with Gasteiger partial charge in [-0.15, -0.1) is 0 Å². The molecule has 1 fully saturated rings. The fourth-order valence-electron chi connectivity index (χ4n) is 2.96. The Kier molecular flexibility index (Phi) is 6.60. The van der Waals surface area contributed by atoms with E-state index in [4.69, 9.17) is 4.74 Å². The van der Waals surface area contributed by atoms with Crippen molar-refractivity contribution < 1.29 is 17.9 Å². The van der Waals surface area contributed by atoms with E-state index < -0.39 is 10.0 Å². The Labute approximate surface area is 160 Å². The van der Waals surface area contributed by atoms with Crippen LogP contribution in [0, 0.1) is 0 Å². The number of sulfonamides is 1. The number of rotatable bonds is 8. The molecule has 27 heavy (non-hydrogen) atoms. The van der Waals surface area contributed by atoms with Gasteiger partial charge in [-0.25, -0.2) is 13.1 Å². The molecule has 3 rings (SSSR count). The van der Waals surface area contributed by atoms with Crippen LogP contribution in [0.25, 0.3) is 0 Å². The van der Waals surface area contributed by atoms with Crippen LogP contribution in [0.15, 0.2) is 59.5 Å². The zero-order valence-electron chi connectivity index (χ0n) is 15.1. The topological polar surface area (TPSA) is 84.5 Å². The molecular formula is C20H24N2O4S. The van der Waals surface area contributed by atoms with E-state index in [0.717, 1.165) is 18.4 Å². The molecule has 2 aromatic rings. The number of carbonyl (C=O) groups excluding carboxylic acids is 1. The Morgan fingerprint density at radius 3 is 2.67 bits per heavy atom. The summed E-state index contributed by atoms with van der Waals surface area (Å²) in [5, 5.41) is 2.83. The molecule has 6 nitrogen and oxygen atoms in total. The van der Waals surface area contributed by atoms with Crippen molar-refractivity contribution in [3.63, 3.8) is 0 Å². The van der Waals surface area contributed by atoms with Crippen molar-refractivity contribution in [2.24, 2.45) is 0 Å². The molecule has 0 saturated carbocycles. The maximum absolute atomic E-state index is 12.5. The highest BCUT2D eigenvalue weighted by Gasteiger charge is 2.21. The molecule has 2 N–H and O–H groups in total. The van der Waals surface area contributed by atoms with E-state index in [1.807, 2.05) is 30.3 Å². The lowest BCUT2D eigenvalue weighted by atomic mass is 10.1. The molecule has 0 spiro atoms. The average molecular weight is 388 g/mol. The average Bonchev–Trinajstić information content (AvgIpc) is 3.21. The minimum atomic E-state index is -3.68.